The molecule has 1 heterocycles. The number of benzene rings is 1. The summed E-state index contributed by atoms with van der Waals surface area (Å²) >= 11 is 0. The topological polar surface area (TPSA) is 125 Å². The van der Waals surface area contributed by atoms with E-state index in [1.807, 2.05) is 30.5 Å². The molecule has 2 amide bonds. The first kappa shape index (κ1) is 17.5. The van der Waals surface area contributed by atoms with Crippen LogP contribution in [0, 0.1) is 0 Å². The highest BCUT2D eigenvalue weighted by molar-refractivity contribution is 5.85. The minimum Gasteiger partial charge on any atom is -0.480 e. The zero-order valence-corrected chi connectivity index (χ0v) is 13.2. The highest BCUT2D eigenvalue weighted by Crippen LogP contribution is 2.19. The lowest BCUT2D eigenvalue weighted by Gasteiger charge is -2.13. The Morgan fingerprint density at radius 1 is 1.21 bits per heavy atom. The number of carbonyl (C=O) groups excluding carboxylic acids is 2. The van der Waals surface area contributed by atoms with E-state index in [9.17, 15) is 14.4 Å². The van der Waals surface area contributed by atoms with Crippen molar-refractivity contribution < 1.29 is 19.5 Å². The third kappa shape index (κ3) is 4.84. The average Bonchev–Trinajstić information content (AvgIpc) is 2.94. The van der Waals surface area contributed by atoms with Crippen molar-refractivity contribution in [2.45, 2.75) is 38.1 Å². The van der Waals surface area contributed by atoms with Crippen molar-refractivity contribution >= 4 is 28.7 Å². The van der Waals surface area contributed by atoms with Gasteiger partial charge in [0.25, 0.3) is 0 Å². The van der Waals surface area contributed by atoms with E-state index in [1.165, 1.54) is 0 Å². The Balaban J connectivity index is 1.81. The second-order valence-electron chi connectivity index (χ2n) is 5.68. The summed E-state index contributed by atoms with van der Waals surface area (Å²) in [5, 5.41) is 12.6. The maximum Gasteiger partial charge on any atom is 0.326 e. The van der Waals surface area contributed by atoms with Crippen molar-refractivity contribution in [3.63, 3.8) is 0 Å². The molecule has 0 aliphatic heterocycles. The number of aromatic nitrogens is 1. The number of hydrogen-bond acceptors (Lipinski definition) is 3. The van der Waals surface area contributed by atoms with Crippen molar-refractivity contribution in [1.82, 2.24) is 10.3 Å². The van der Waals surface area contributed by atoms with E-state index in [0.29, 0.717) is 6.42 Å². The molecule has 0 aliphatic rings. The van der Waals surface area contributed by atoms with Gasteiger partial charge in [-0.2, -0.15) is 0 Å². The van der Waals surface area contributed by atoms with Crippen LogP contribution in [-0.2, 0) is 20.8 Å². The van der Waals surface area contributed by atoms with Gasteiger partial charge in [-0.15, -0.1) is 0 Å². The zero-order chi connectivity index (χ0) is 17.5. The molecule has 0 aliphatic carbocycles. The Bertz CT molecular complexity index is 738. The maximum atomic E-state index is 11.9. The SMILES string of the molecule is NC(=O)CC[C@H](NC(=O)CCCc1c[nH]c2ccccc12)C(=O)O. The van der Waals surface area contributed by atoms with Crippen LogP contribution in [-0.4, -0.2) is 33.9 Å². The number of para-hydroxylation sites is 1. The minimum absolute atomic E-state index is 0.00114. The molecule has 0 bridgehead atoms. The summed E-state index contributed by atoms with van der Waals surface area (Å²) in [6.45, 7) is 0. The van der Waals surface area contributed by atoms with Gasteiger partial charge < -0.3 is 21.1 Å². The molecule has 128 valence electrons. The van der Waals surface area contributed by atoms with E-state index in [2.05, 4.69) is 10.3 Å². The number of aryl methyl sites for hydroxylation is 1. The molecule has 7 nitrogen and oxygen atoms in total. The molecule has 7 heteroatoms. The first-order valence-electron chi connectivity index (χ1n) is 7.83. The lowest BCUT2D eigenvalue weighted by atomic mass is 10.1. The Hall–Kier alpha value is -2.83. The van der Waals surface area contributed by atoms with Gasteiger partial charge in [0.1, 0.15) is 6.04 Å². The molecule has 0 fully saturated rings. The summed E-state index contributed by atoms with van der Waals surface area (Å²) in [7, 11) is 0. The molecule has 0 radical (unpaired) electrons. The molecule has 0 saturated heterocycles. The Morgan fingerprint density at radius 2 is 1.96 bits per heavy atom. The second-order valence-corrected chi connectivity index (χ2v) is 5.68. The molecule has 1 aromatic carbocycles. The first-order valence-corrected chi connectivity index (χ1v) is 7.83. The highest BCUT2D eigenvalue weighted by Gasteiger charge is 2.20. The van der Waals surface area contributed by atoms with E-state index in [-0.39, 0.29) is 25.2 Å². The Kier molecular flexibility index (Phi) is 5.95. The van der Waals surface area contributed by atoms with Crippen LogP contribution >= 0.6 is 0 Å². The number of fused-ring (bicyclic) bond motifs is 1. The van der Waals surface area contributed by atoms with Crippen molar-refractivity contribution in [3.8, 4) is 0 Å². The van der Waals surface area contributed by atoms with E-state index >= 15 is 0 Å². The van der Waals surface area contributed by atoms with Crippen molar-refractivity contribution in [3.05, 3.63) is 36.0 Å². The Morgan fingerprint density at radius 3 is 2.67 bits per heavy atom. The Labute approximate surface area is 139 Å². The van der Waals surface area contributed by atoms with E-state index in [4.69, 9.17) is 10.8 Å². The van der Waals surface area contributed by atoms with Crippen LogP contribution in [0.25, 0.3) is 10.9 Å². The van der Waals surface area contributed by atoms with E-state index < -0.39 is 17.9 Å². The third-order valence-electron chi connectivity index (χ3n) is 3.84. The van der Waals surface area contributed by atoms with Gasteiger partial charge in [0.15, 0.2) is 0 Å². The first-order chi connectivity index (χ1) is 11.5. The minimum atomic E-state index is -1.17. The monoisotopic (exact) mass is 331 g/mol. The average molecular weight is 331 g/mol. The molecule has 0 spiro atoms. The molecule has 1 aromatic heterocycles. The number of primary amides is 1. The van der Waals surface area contributed by atoms with Gasteiger partial charge in [-0.25, -0.2) is 4.79 Å². The quantitative estimate of drug-likeness (QED) is 0.553. The summed E-state index contributed by atoms with van der Waals surface area (Å²) < 4.78 is 0. The van der Waals surface area contributed by atoms with Crippen LogP contribution in [0.1, 0.15) is 31.2 Å². The summed E-state index contributed by atoms with van der Waals surface area (Å²) in [5.41, 5.74) is 7.18. The number of carboxylic acid groups (broad SMARTS) is 1. The maximum absolute atomic E-state index is 11.9. The molecule has 5 N–H and O–H groups in total. The van der Waals surface area contributed by atoms with Crippen LogP contribution in [0.4, 0.5) is 0 Å². The number of hydrogen-bond donors (Lipinski definition) is 4. The number of amides is 2. The van der Waals surface area contributed by atoms with Gasteiger partial charge in [-0.1, -0.05) is 18.2 Å². The van der Waals surface area contributed by atoms with E-state index in [0.717, 1.165) is 22.9 Å². The van der Waals surface area contributed by atoms with Crippen LogP contribution in [0.15, 0.2) is 30.5 Å². The van der Waals surface area contributed by atoms with Crippen molar-refractivity contribution in [1.29, 1.82) is 0 Å². The molecule has 2 aromatic rings. The van der Waals surface area contributed by atoms with Crippen LogP contribution < -0.4 is 11.1 Å². The fourth-order valence-corrected chi connectivity index (χ4v) is 2.59. The number of H-pyrrole nitrogens is 1. The van der Waals surface area contributed by atoms with Crippen LogP contribution in [0.5, 0.6) is 0 Å². The summed E-state index contributed by atoms with van der Waals surface area (Å²) in [5.74, 6) is -2.09. The van der Waals surface area contributed by atoms with Crippen LogP contribution in [0.2, 0.25) is 0 Å². The molecule has 1 atom stereocenters. The zero-order valence-electron chi connectivity index (χ0n) is 13.2. The largest absolute Gasteiger partial charge is 0.480 e. The van der Waals surface area contributed by atoms with Crippen molar-refractivity contribution in [2.24, 2.45) is 5.73 Å². The number of nitrogens with two attached hydrogens (primary N) is 1. The fourth-order valence-electron chi connectivity index (χ4n) is 2.59. The lowest BCUT2D eigenvalue weighted by Crippen LogP contribution is -2.41. The normalized spacial score (nSPS) is 12.0. The molecule has 2 rings (SSSR count). The van der Waals surface area contributed by atoms with Crippen LogP contribution in [0.3, 0.4) is 0 Å². The molecule has 24 heavy (non-hydrogen) atoms. The van der Waals surface area contributed by atoms with E-state index in [1.54, 1.807) is 0 Å². The lowest BCUT2D eigenvalue weighted by molar-refractivity contribution is -0.142. The number of nitrogens with one attached hydrogen (secondary N) is 2. The summed E-state index contributed by atoms with van der Waals surface area (Å²) in [6, 6.07) is 6.84. The molecule has 0 saturated carbocycles. The molecular formula is C17H21N3O4. The smallest absolute Gasteiger partial charge is 0.326 e. The summed E-state index contributed by atoms with van der Waals surface area (Å²) in [6.07, 6.45) is 3.40. The second kappa shape index (κ2) is 8.14. The fraction of sp³-hybridized carbons (Fsp3) is 0.353. The standard InChI is InChI=1S/C17H21N3O4/c18-15(21)9-8-14(17(23)24)20-16(22)7-3-4-11-10-19-13-6-2-1-5-12(11)13/h1-2,5-6,10,14,19H,3-4,7-9H2,(H2,18,21)(H,20,22)(H,23,24)/t14-/m0/s1. The number of rotatable bonds is 9. The van der Waals surface area contributed by atoms with Gasteiger partial charge in [0, 0.05) is 29.9 Å². The predicted octanol–water partition coefficient (Wildman–Crippen LogP) is 1.33. The molecule has 0 unspecified atom stereocenters. The number of carboxylic acids is 1. The van der Waals surface area contributed by atoms with Gasteiger partial charge in [0.2, 0.25) is 11.8 Å². The molecular weight excluding hydrogens is 310 g/mol. The highest BCUT2D eigenvalue weighted by atomic mass is 16.4. The predicted molar refractivity (Wildman–Crippen MR) is 89.2 cm³/mol. The van der Waals surface area contributed by atoms with Gasteiger partial charge >= 0.3 is 5.97 Å². The van der Waals surface area contributed by atoms with Gasteiger partial charge in [-0.3, -0.25) is 9.59 Å². The van der Waals surface area contributed by atoms with Gasteiger partial charge in [0.05, 0.1) is 0 Å². The van der Waals surface area contributed by atoms with Crippen molar-refractivity contribution in [2.75, 3.05) is 0 Å². The number of aliphatic carboxylic acids is 1. The van der Waals surface area contributed by atoms with Gasteiger partial charge in [-0.05, 0) is 30.9 Å². The third-order valence-corrected chi connectivity index (χ3v) is 3.84. The number of aromatic amines is 1. The summed E-state index contributed by atoms with van der Waals surface area (Å²) in [4.78, 5) is 36.9. The number of carbonyl (C=O) groups is 3.